The van der Waals surface area contributed by atoms with Gasteiger partial charge in [0.1, 0.15) is 0 Å². The number of nitrogens with one attached hydrogen (secondary N) is 1. The van der Waals surface area contributed by atoms with E-state index in [1.54, 1.807) is 0 Å². The fourth-order valence-corrected chi connectivity index (χ4v) is 2.71. The Labute approximate surface area is 103 Å². The van der Waals surface area contributed by atoms with Crippen molar-refractivity contribution in [1.29, 1.82) is 0 Å². The highest BCUT2D eigenvalue weighted by Crippen LogP contribution is 2.25. The molecule has 0 aromatic carbocycles. The van der Waals surface area contributed by atoms with Gasteiger partial charge in [-0.2, -0.15) is 16.9 Å². The van der Waals surface area contributed by atoms with Crippen LogP contribution in [0.15, 0.2) is 10.7 Å². The fraction of sp³-hybridized carbons (Fsp3) is 0.667. The second-order valence-electron chi connectivity index (χ2n) is 3.07. The van der Waals surface area contributed by atoms with E-state index in [0.29, 0.717) is 0 Å². The van der Waals surface area contributed by atoms with Crippen molar-refractivity contribution >= 4 is 27.7 Å². The number of rotatable bonds is 6. The van der Waals surface area contributed by atoms with E-state index in [1.807, 2.05) is 22.6 Å². The Bertz CT molecular complexity index is 302. The van der Waals surface area contributed by atoms with Crippen LogP contribution in [0.1, 0.15) is 25.6 Å². The molecule has 4 nitrogen and oxygen atoms in total. The van der Waals surface area contributed by atoms with Gasteiger partial charge in [-0.1, -0.05) is 6.92 Å². The number of hydrogen-bond acceptors (Lipinski definition) is 4. The van der Waals surface area contributed by atoms with Gasteiger partial charge in [0.25, 0.3) is 0 Å². The van der Waals surface area contributed by atoms with Crippen LogP contribution in [0.25, 0.3) is 0 Å². The zero-order chi connectivity index (χ0) is 11.3. The maximum atomic E-state index is 5.57. The summed E-state index contributed by atoms with van der Waals surface area (Å²) >= 11 is 5.37. The zero-order valence-corrected chi connectivity index (χ0v) is 11.4. The predicted octanol–water partition coefficient (Wildman–Crippen LogP) is 1.92. The normalized spacial score (nSPS) is 13.1. The van der Waals surface area contributed by atoms with Gasteiger partial charge in [-0.25, -0.2) is 0 Å². The van der Waals surface area contributed by atoms with E-state index in [1.165, 1.54) is 0 Å². The van der Waals surface area contributed by atoms with E-state index in [0.717, 1.165) is 28.2 Å². The Hall–Kier alpha value is -0.0400. The average Bonchev–Trinajstić information content (AvgIpc) is 2.62. The number of aromatic nitrogens is 2. The standard InChI is InChI=1S/C9H17BrN4S/c1-3-14-9(7(10)5-12-14)8(13-11)6-15-4-2/h5,8,13H,3-4,6,11H2,1-2H3. The molecule has 0 amide bonds. The molecule has 0 fully saturated rings. The SMILES string of the molecule is CCSCC(NN)c1c(Br)cnn1CC. The lowest BCUT2D eigenvalue weighted by molar-refractivity contribution is 0.526. The summed E-state index contributed by atoms with van der Waals surface area (Å²) in [6, 6.07) is 0.145. The van der Waals surface area contributed by atoms with E-state index in [4.69, 9.17) is 5.84 Å². The van der Waals surface area contributed by atoms with E-state index in [-0.39, 0.29) is 6.04 Å². The van der Waals surface area contributed by atoms with Crippen molar-refractivity contribution in [2.24, 2.45) is 5.84 Å². The Morgan fingerprint density at radius 2 is 2.40 bits per heavy atom. The van der Waals surface area contributed by atoms with E-state index in [2.05, 4.69) is 40.3 Å². The van der Waals surface area contributed by atoms with Crippen LogP contribution in [0.3, 0.4) is 0 Å². The fourth-order valence-electron chi connectivity index (χ4n) is 1.41. The second-order valence-corrected chi connectivity index (χ2v) is 5.25. The van der Waals surface area contributed by atoms with Crippen LogP contribution in [-0.2, 0) is 6.54 Å². The minimum atomic E-state index is 0.145. The summed E-state index contributed by atoms with van der Waals surface area (Å²) in [4.78, 5) is 0. The molecule has 15 heavy (non-hydrogen) atoms. The number of halogens is 1. The van der Waals surface area contributed by atoms with Gasteiger partial charge in [-0.15, -0.1) is 0 Å². The largest absolute Gasteiger partial charge is 0.271 e. The zero-order valence-electron chi connectivity index (χ0n) is 9.03. The summed E-state index contributed by atoms with van der Waals surface area (Å²) in [6.45, 7) is 5.07. The van der Waals surface area contributed by atoms with Crippen molar-refractivity contribution in [3.05, 3.63) is 16.4 Å². The van der Waals surface area contributed by atoms with E-state index < -0.39 is 0 Å². The molecule has 0 bridgehead atoms. The first-order valence-electron chi connectivity index (χ1n) is 4.99. The number of nitrogens with two attached hydrogens (primary N) is 1. The van der Waals surface area contributed by atoms with E-state index >= 15 is 0 Å². The van der Waals surface area contributed by atoms with Gasteiger partial charge < -0.3 is 0 Å². The van der Waals surface area contributed by atoms with Gasteiger partial charge in [0.05, 0.1) is 22.4 Å². The minimum absolute atomic E-state index is 0.145. The van der Waals surface area contributed by atoms with Gasteiger partial charge in [0.15, 0.2) is 0 Å². The first-order valence-corrected chi connectivity index (χ1v) is 6.94. The number of hydrogen-bond donors (Lipinski definition) is 2. The summed E-state index contributed by atoms with van der Waals surface area (Å²) in [5.41, 5.74) is 3.97. The molecule has 0 saturated heterocycles. The lowest BCUT2D eigenvalue weighted by Crippen LogP contribution is -2.31. The Morgan fingerprint density at radius 1 is 1.67 bits per heavy atom. The Balaban J connectivity index is 2.84. The lowest BCUT2D eigenvalue weighted by Gasteiger charge is -2.17. The maximum absolute atomic E-state index is 5.57. The van der Waals surface area contributed by atoms with Crippen LogP contribution in [-0.4, -0.2) is 21.3 Å². The molecule has 3 N–H and O–H groups in total. The van der Waals surface area contributed by atoms with Crippen LogP contribution in [0.5, 0.6) is 0 Å². The minimum Gasteiger partial charge on any atom is -0.271 e. The Kier molecular flexibility index (Phi) is 5.66. The van der Waals surface area contributed by atoms with Crippen LogP contribution in [0, 0.1) is 0 Å². The molecule has 1 aromatic heterocycles. The molecule has 1 unspecified atom stereocenters. The molecule has 0 spiro atoms. The summed E-state index contributed by atoms with van der Waals surface area (Å²) < 4.78 is 2.98. The molecule has 0 aliphatic carbocycles. The highest BCUT2D eigenvalue weighted by atomic mass is 79.9. The molecule has 1 heterocycles. The van der Waals surface area contributed by atoms with Gasteiger partial charge in [-0.3, -0.25) is 16.0 Å². The molecule has 1 rings (SSSR count). The molecular formula is C9H17BrN4S. The number of thioether (sulfide) groups is 1. The smallest absolute Gasteiger partial charge is 0.0730 e. The van der Waals surface area contributed by atoms with Gasteiger partial charge >= 0.3 is 0 Å². The van der Waals surface area contributed by atoms with Crippen LogP contribution >= 0.6 is 27.7 Å². The molecular weight excluding hydrogens is 276 g/mol. The molecule has 1 aromatic rings. The quantitative estimate of drug-likeness (QED) is 0.621. The van der Waals surface area contributed by atoms with Crippen molar-refractivity contribution in [2.75, 3.05) is 11.5 Å². The highest BCUT2D eigenvalue weighted by molar-refractivity contribution is 9.10. The molecule has 86 valence electrons. The first-order chi connectivity index (χ1) is 7.24. The summed E-state index contributed by atoms with van der Waals surface area (Å²) in [5.74, 6) is 7.62. The van der Waals surface area contributed by atoms with Crippen LogP contribution in [0.4, 0.5) is 0 Å². The molecule has 1 atom stereocenters. The molecule has 0 aliphatic rings. The molecule has 0 saturated carbocycles. The lowest BCUT2D eigenvalue weighted by atomic mass is 10.2. The molecule has 0 aliphatic heterocycles. The van der Waals surface area contributed by atoms with Crippen molar-refractivity contribution in [1.82, 2.24) is 15.2 Å². The Morgan fingerprint density at radius 3 is 2.93 bits per heavy atom. The second kappa shape index (κ2) is 6.52. The van der Waals surface area contributed by atoms with Crippen molar-refractivity contribution in [2.45, 2.75) is 26.4 Å². The number of nitrogens with zero attached hydrogens (tertiary/aromatic N) is 2. The summed E-state index contributed by atoms with van der Waals surface area (Å²) in [5, 5.41) is 4.28. The average molecular weight is 293 g/mol. The summed E-state index contributed by atoms with van der Waals surface area (Å²) in [7, 11) is 0. The van der Waals surface area contributed by atoms with Crippen molar-refractivity contribution in [3.63, 3.8) is 0 Å². The number of aryl methyl sites for hydroxylation is 1. The monoisotopic (exact) mass is 292 g/mol. The topological polar surface area (TPSA) is 55.9 Å². The highest BCUT2D eigenvalue weighted by Gasteiger charge is 2.17. The van der Waals surface area contributed by atoms with Crippen molar-refractivity contribution in [3.8, 4) is 0 Å². The first kappa shape index (κ1) is 13.0. The molecule has 0 radical (unpaired) electrons. The number of hydrazine groups is 1. The van der Waals surface area contributed by atoms with Gasteiger partial charge in [0, 0.05) is 12.3 Å². The van der Waals surface area contributed by atoms with Crippen LogP contribution < -0.4 is 11.3 Å². The van der Waals surface area contributed by atoms with Gasteiger partial charge in [0.2, 0.25) is 0 Å². The summed E-state index contributed by atoms with van der Waals surface area (Å²) in [6.07, 6.45) is 1.82. The third kappa shape index (κ3) is 3.21. The van der Waals surface area contributed by atoms with Gasteiger partial charge in [-0.05, 0) is 28.6 Å². The predicted molar refractivity (Wildman–Crippen MR) is 68.7 cm³/mol. The van der Waals surface area contributed by atoms with E-state index in [9.17, 15) is 0 Å². The molecule has 6 heteroatoms. The van der Waals surface area contributed by atoms with Crippen molar-refractivity contribution < 1.29 is 0 Å². The third-order valence-corrected chi connectivity index (χ3v) is 3.74. The van der Waals surface area contributed by atoms with Crippen LogP contribution in [0.2, 0.25) is 0 Å². The maximum Gasteiger partial charge on any atom is 0.0730 e. The third-order valence-electron chi connectivity index (χ3n) is 2.15.